The summed E-state index contributed by atoms with van der Waals surface area (Å²) in [5.74, 6) is -0.590. The number of nitrogens with one attached hydrogen (secondary N) is 2. The highest BCUT2D eigenvalue weighted by molar-refractivity contribution is 5.92. The highest BCUT2D eigenvalue weighted by Crippen LogP contribution is 2.35. The van der Waals surface area contributed by atoms with Crippen molar-refractivity contribution in [2.45, 2.75) is 118 Å². The number of hydrogen-bond donors (Lipinski definition) is 2. The lowest BCUT2D eigenvalue weighted by Crippen LogP contribution is -2.59. The third-order valence-electron chi connectivity index (χ3n) is 6.65. The molecule has 2 N–H and O–H groups in total. The Balaban J connectivity index is 2.46. The molecular formula is C29H47N3O4. The zero-order valence-electron chi connectivity index (χ0n) is 23.6. The van der Waals surface area contributed by atoms with Gasteiger partial charge in [-0.1, -0.05) is 57.4 Å². The molecule has 0 radical (unpaired) electrons. The molecule has 7 heteroatoms. The lowest BCUT2D eigenvalue weighted by Gasteiger charge is -2.44. The number of benzene rings is 1. The molecule has 36 heavy (non-hydrogen) atoms. The van der Waals surface area contributed by atoms with Crippen molar-refractivity contribution < 1.29 is 19.1 Å². The van der Waals surface area contributed by atoms with Crippen molar-refractivity contribution in [3.05, 3.63) is 34.9 Å². The fourth-order valence-electron chi connectivity index (χ4n) is 4.52. The van der Waals surface area contributed by atoms with E-state index < -0.39 is 23.8 Å². The largest absolute Gasteiger partial charge is 0.444 e. The lowest BCUT2D eigenvalue weighted by molar-refractivity contribution is -0.148. The van der Waals surface area contributed by atoms with Crippen LogP contribution in [0.25, 0.3) is 0 Å². The zero-order chi connectivity index (χ0) is 27.0. The molecule has 0 aromatic heterocycles. The van der Waals surface area contributed by atoms with E-state index in [0.717, 1.165) is 55.2 Å². The first-order chi connectivity index (χ1) is 16.9. The standard InChI is InChI=1S/C29H47N3O4/c1-9-10-11-17-30-26(33)25(23-16-15-20(4)18-21(23)5)32(22-13-12-14-22)27(34)24(19(2)3)31-28(35)36-29(6,7)8/h15-16,18-19,22,24-25H,9-14,17H2,1-8H3,(H,30,33)(H,31,35). The van der Waals surface area contributed by atoms with Crippen LogP contribution in [0.4, 0.5) is 4.79 Å². The summed E-state index contributed by atoms with van der Waals surface area (Å²) < 4.78 is 5.45. The van der Waals surface area contributed by atoms with Crippen LogP contribution in [-0.2, 0) is 14.3 Å². The highest BCUT2D eigenvalue weighted by atomic mass is 16.6. The van der Waals surface area contributed by atoms with Gasteiger partial charge >= 0.3 is 6.09 Å². The van der Waals surface area contributed by atoms with E-state index in [1.54, 1.807) is 25.7 Å². The van der Waals surface area contributed by atoms with E-state index in [0.29, 0.717) is 6.54 Å². The molecule has 1 aromatic rings. The van der Waals surface area contributed by atoms with E-state index in [1.807, 2.05) is 39.8 Å². The number of unbranched alkanes of at least 4 members (excludes halogenated alkanes) is 2. The molecule has 7 nitrogen and oxygen atoms in total. The van der Waals surface area contributed by atoms with E-state index in [1.165, 1.54) is 0 Å². The number of carbonyl (C=O) groups excluding carboxylic acids is 3. The number of aryl methyl sites for hydroxylation is 2. The SMILES string of the molecule is CCCCCNC(=O)C(c1ccc(C)cc1C)N(C(=O)C(NC(=O)OC(C)(C)C)C(C)C)C1CCC1. The van der Waals surface area contributed by atoms with Crippen molar-refractivity contribution in [3.8, 4) is 0 Å². The van der Waals surface area contributed by atoms with Crippen molar-refractivity contribution in [3.63, 3.8) is 0 Å². The van der Waals surface area contributed by atoms with Gasteiger partial charge in [0.25, 0.3) is 0 Å². The highest BCUT2D eigenvalue weighted by Gasteiger charge is 2.43. The molecule has 0 heterocycles. The topological polar surface area (TPSA) is 87.7 Å². The van der Waals surface area contributed by atoms with Gasteiger partial charge in [0, 0.05) is 12.6 Å². The molecule has 1 saturated carbocycles. The first kappa shape index (κ1) is 29.7. The summed E-state index contributed by atoms with van der Waals surface area (Å²) in [5, 5.41) is 5.89. The van der Waals surface area contributed by atoms with E-state index in [9.17, 15) is 14.4 Å². The average molecular weight is 502 g/mol. The Bertz CT molecular complexity index is 902. The molecule has 0 bridgehead atoms. The fraction of sp³-hybridized carbons (Fsp3) is 0.690. The lowest BCUT2D eigenvalue weighted by atomic mass is 9.86. The smallest absolute Gasteiger partial charge is 0.408 e. The van der Waals surface area contributed by atoms with Gasteiger partial charge in [-0.05, 0) is 77.3 Å². The minimum Gasteiger partial charge on any atom is -0.444 e. The minimum atomic E-state index is -0.804. The van der Waals surface area contributed by atoms with Crippen molar-refractivity contribution >= 4 is 17.9 Å². The van der Waals surface area contributed by atoms with Crippen LogP contribution in [0.5, 0.6) is 0 Å². The van der Waals surface area contributed by atoms with Crippen molar-refractivity contribution in [1.82, 2.24) is 15.5 Å². The average Bonchev–Trinajstić information content (AvgIpc) is 2.72. The maximum absolute atomic E-state index is 14.2. The van der Waals surface area contributed by atoms with E-state index in [2.05, 4.69) is 23.6 Å². The Kier molecular flexibility index (Phi) is 10.8. The molecule has 3 amide bonds. The third kappa shape index (κ3) is 8.24. The summed E-state index contributed by atoms with van der Waals surface area (Å²) in [5.41, 5.74) is 2.23. The Morgan fingerprint density at radius 1 is 1.11 bits per heavy atom. The third-order valence-corrected chi connectivity index (χ3v) is 6.65. The summed E-state index contributed by atoms with van der Waals surface area (Å²) in [6.07, 6.45) is 5.06. The predicted octanol–water partition coefficient (Wildman–Crippen LogP) is 5.58. The molecule has 202 valence electrons. The Hall–Kier alpha value is -2.57. The van der Waals surface area contributed by atoms with Gasteiger partial charge in [-0.15, -0.1) is 0 Å². The number of alkyl carbamates (subject to hydrolysis) is 1. The molecule has 1 aliphatic carbocycles. The molecule has 0 spiro atoms. The molecule has 2 unspecified atom stereocenters. The predicted molar refractivity (Wildman–Crippen MR) is 144 cm³/mol. The number of nitrogens with zero attached hydrogens (tertiary/aromatic N) is 1. The van der Waals surface area contributed by atoms with Gasteiger partial charge in [0.15, 0.2) is 0 Å². The van der Waals surface area contributed by atoms with E-state index in [-0.39, 0.29) is 23.8 Å². The molecule has 1 fully saturated rings. The van der Waals surface area contributed by atoms with Gasteiger partial charge in [0.2, 0.25) is 11.8 Å². The monoisotopic (exact) mass is 501 g/mol. The van der Waals surface area contributed by atoms with Gasteiger partial charge in [-0.2, -0.15) is 0 Å². The van der Waals surface area contributed by atoms with Gasteiger partial charge in [-0.25, -0.2) is 4.79 Å². The number of hydrogen-bond acceptors (Lipinski definition) is 4. The number of rotatable bonds is 11. The summed E-state index contributed by atoms with van der Waals surface area (Å²) in [6.45, 7) is 15.9. The van der Waals surface area contributed by atoms with Crippen LogP contribution in [0, 0.1) is 19.8 Å². The summed E-state index contributed by atoms with van der Waals surface area (Å²) in [6, 6.07) is 4.39. The molecule has 0 aliphatic heterocycles. The summed E-state index contributed by atoms with van der Waals surface area (Å²) >= 11 is 0. The maximum atomic E-state index is 14.2. The second-order valence-corrected chi connectivity index (χ2v) is 11.5. The normalized spacial score (nSPS) is 15.6. The van der Waals surface area contributed by atoms with Crippen LogP contribution in [0.3, 0.4) is 0 Å². The quantitative estimate of drug-likeness (QED) is 0.387. The van der Waals surface area contributed by atoms with E-state index >= 15 is 0 Å². The van der Waals surface area contributed by atoms with Crippen LogP contribution >= 0.6 is 0 Å². The molecule has 1 aliphatic rings. The zero-order valence-corrected chi connectivity index (χ0v) is 23.6. The van der Waals surface area contributed by atoms with Crippen molar-refractivity contribution in [1.29, 1.82) is 0 Å². The minimum absolute atomic E-state index is 0.0497. The Labute approximate surface area is 217 Å². The maximum Gasteiger partial charge on any atom is 0.408 e. The number of amides is 3. The van der Waals surface area contributed by atoms with Gasteiger partial charge < -0.3 is 20.3 Å². The number of ether oxygens (including phenoxy) is 1. The van der Waals surface area contributed by atoms with Gasteiger partial charge in [0.05, 0.1) is 0 Å². The van der Waals surface area contributed by atoms with Crippen LogP contribution in [-0.4, -0.2) is 47.0 Å². The van der Waals surface area contributed by atoms with Crippen LogP contribution in [0.15, 0.2) is 18.2 Å². The Morgan fingerprint density at radius 2 is 1.78 bits per heavy atom. The molecular weight excluding hydrogens is 454 g/mol. The van der Waals surface area contributed by atoms with Gasteiger partial charge in [0.1, 0.15) is 17.7 Å². The van der Waals surface area contributed by atoms with Crippen molar-refractivity contribution in [2.24, 2.45) is 5.92 Å². The van der Waals surface area contributed by atoms with Crippen LogP contribution in [0.2, 0.25) is 0 Å². The Morgan fingerprint density at radius 3 is 2.28 bits per heavy atom. The second kappa shape index (κ2) is 13.1. The molecule has 2 rings (SSSR count). The molecule has 1 aromatic carbocycles. The molecule has 2 atom stereocenters. The first-order valence-corrected chi connectivity index (χ1v) is 13.5. The van der Waals surface area contributed by atoms with Crippen molar-refractivity contribution in [2.75, 3.05) is 6.54 Å². The fourth-order valence-corrected chi connectivity index (χ4v) is 4.52. The van der Waals surface area contributed by atoms with E-state index in [4.69, 9.17) is 4.74 Å². The molecule has 0 saturated heterocycles. The number of carbonyl (C=O) groups is 3. The second-order valence-electron chi connectivity index (χ2n) is 11.5. The van der Waals surface area contributed by atoms with Gasteiger partial charge in [-0.3, -0.25) is 9.59 Å². The summed E-state index contributed by atoms with van der Waals surface area (Å²) in [7, 11) is 0. The first-order valence-electron chi connectivity index (χ1n) is 13.5. The summed E-state index contributed by atoms with van der Waals surface area (Å²) in [4.78, 5) is 42.3. The van der Waals surface area contributed by atoms with Crippen LogP contribution in [0.1, 0.15) is 103 Å². The van der Waals surface area contributed by atoms with Crippen LogP contribution < -0.4 is 10.6 Å².